The standard InChI is InChI=1S/C35H34ClIN2O7S/c1-7-44-34(41)30-20(4)38-35-39(31(30)22-12-13-26(46-19(2)3)27(17-22)42-5)33(40)29(47-35)16-21-14-25(37)32(28(15-21)43-6)45-18-23-10-8-9-11-24(23)36/h8-17,19,31H,7,18H2,1-6H3/b29-16-/t31-/m1/s1. The molecule has 4 aromatic rings. The fourth-order valence-corrected chi connectivity index (χ4v) is 7.21. The third-order valence-corrected chi connectivity index (χ3v) is 9.42. The number of benzene rings is 3. The minimum atomic E-state index is -0.801. The van der Waals surface area contributed by atoms with Gasteiger partial charge in [-0.15, -0.1) is 0 Å². The maximum Gasteiger partial charge on any atom is 0.338 e. The first-order chi connectivity index (χ1) is 22.6. The number of fused-ring (bicyclic) bond motifs is 1. The molecule has 5 rings (SSSR count). The van der Waals surface area contributed by atoms with E-state index in [0.29, 0.717) is 48.6 Å². The van der Waals surface area contributed by atoms with E-state index in [0.717, 1.165) is 14.7 Å². The Bertz CT molecular complexity index is 2040. The van der Waals surface area contributed by atoms with Crippen molar-refractivity contribution in [3.05, 3.63) is 111 Å². The monoisotopic (exact) mass is 788 g/mol. The minimum Gasteiger partial charge on any atom is -0.493 e. The van der Waals surface area contributed by atoms with E-state index in [9.17, 15) is 9.59 Å². The lowest BCUT2D eigenvalue weighted by molar-refractivity contribution is -0.139. The molecule has 0 amide bonds. The number of rotatable bonds is 11. The van der Waals surface area contributed by atoms with Crippen LogP contribution in [-0.4, -0.2) is 37.5 Å². The van der Waals surface area contributed by atoms with Gasteiger partial charge >= 0.3 is 5.97 Å². The van der Waals surface area contributed by atoms with Gasteiger partial charge in [0.05, 0.1) is 52.3 Å². The first kappa shape index (κ1) is 34.5. The quantitative estimate of drug-likeness (QED) is 0.128. The fourth-order valence-electron chi connectivity index (χ4n) is 5.19. The molecule has 1 aliphatic rings. The lowest BCUT2D eigenvalue weighted by Crippen LogP contribution is -2.40. The zero-order valence-electron chi connectivity index (χ0n) is 26.8. The van der Waals surface area contributed by atoms with Crippen molar-refractivity contribution in [3.8, 4) is 23.0 Å². The van der Waals surface area contributed by atoms with E-state index < -0.39 is 12.0 Å². The molecule has 47 heavy (non-hydrogen) atoms. The van der Waals surface area contributed by atoms with Crippen LogP contribution in [0.1, 0.15) is 50.4 Å². The Morgan fingerprint density at radius 3 is 2.51 bits per heavy atom. The van der Waals surface area contributed by atoms with Crippen LogP contribution in [0.2, 0.25) is 5.02 Å². The number of hydrogen-bond donors (Lipinski definition) is 0. The molecule has 246 valence electrons. The number of nitrogens with zero attached hydrogens (tertiary/aromatic N) is 2. The van der Waals surface area contributed by atoms with Crippen LogP contribution in [0.25, 0.3) is 6.08 Å². The van der Waals surface area contributed by atoms with E-state index in [4.69, 9.17) is 35.3 Å². The van der Waals surface area contributed by atoms with E-state index in [2.05, 4.69) is 27.6 Å². The Morgan fingerprint density at radius 1 is 1.09 bits per heavy atom. The van der Waals surface area contributed by atoms with Gasteiger partial charge in [0.1, 0.15) is 6.61 Å². The molecule has 0 N–H and O–H groups in total. The van der Waals surface area contributed by atoms with Gasteiger partial charge in [-0.3, -0.25) is 9.36 Å². The number of methoxy groups -OCH3 is 2. The van der Waals surface area contributed by atoms with Gasteiger partial charge in [-0.2, -0.15) is 0 Å². The van der Waals surface area contributed by atoms with Crippen LogP contribution >= 0.6 is 45.5 Å². The second-order valence-corrected chi connectivity index (χ2v) is 13.4. The summed E-state index contributed by atoms with van der Waals surface area (Å²) in [6.07, 6.45) is 1.71. The van der Waals surface area contributed by atoms with Crippen LogP contribution < -0.4 is 33.8 Å². The largest absolute Gasteiger partial charge is 0.493 e. The second-order valence-electron chi connectivity index (χ2n) is 10.8. The fraction of sp³-hybridized carbons (Fsp3) is 0.286. The first-order valence-corrected chi connectivity index (χ1v) is 17.1. The molecule has 1 atom stereocenters. The van der Waals surface area contributed by atoms with E-state index in [1.807, 2.05) is 56.3 Å². The molecular formula is C35H34ClIN2O7S. The highest BCUT2D eigenvalue weighted by molar-refractivity contribution is 14.1. The average molecular weight is 789 g/mol. The van der Waals surface area contributed by atoms with Crippen LogP contribution in [0.3, 0.4) is 0 Å². The number of aromatic nitrogens is 1. The molecule has 0 radical (unpaired) electrons. The van der Waals surface area contributed by atoms with Crippen molar-refractivity contribution >= 4 is 57.6 Å². The molecule has 0 bridgehead atoms. The number of allylic oxidation sites excluding steroid dienone is 1. The SMILES string of the molecule is CCOC(=O)C1=C(C)N=c2s/c(=C\c3cc(I)c(OCc4ccccc4Cl)c(OC)c3)c(=O)n2[C@@H]1c1ccc(OC(C)C)c(OC)c1. The van der Waals surface area contributed by atoms with Gasteiger partial charge < -0.3 is 23.7 Å². The van der Waals surface area contributed by atoms with Crippen molar-refractivity contribution in [2.75, 3.05) is 20.8 Å². The molecule has 12 heteroatoms. The number of ether oxygens (including phenoxy) is 5. The average Bonchev–Trinajstić information content (AvgIpc) is 3.33. The third-order valence-electron chi connectivity index (χ3n) is 7.26. The molecule has 9 nitrogen and oxygen atoms in total. The molecule has 3 aromatic carbocycles. The van der Waals surface area contributed by atoms with Crippen molar-refractivity contribution in [2.45, 2.75) is 46.4 Å². The minimum absolute atomic E-state index is 0.0747. The highest BCUT2D eigenvalue weighted by Crippen LogP contribution is 2.37. The molecule has 0 spiro atoms. The molecular weight excluding hydrogens is 755 g/mol. The van der Waals surface area contributed by atoms with Crippen LogP contribution in [-0.2, 0) is 16.1 Å². The summed E-state index contributed by atoms with van der Waals surface area (Å²) in [4.78, 5) is 32.7. The van der Waals surface area contributed by atoms with Crippen molar-refractivity contribution in [3.63, 3.8) is 0 Å². The smallest absolute Gasteiger partial charge is 0.338 e. The van der Waals surface area contributed by atoms with Gasteiger partial charge in [0.2, 0.25) is 0 Å². The van der Waals surface area contributed by atoms with Gasteiger partial charge in [0, 0.05) is 10.6 Å². The Morgan fingerprint density at radius 2 is 1.83 bits per heavy atom. The topological polar surface area (TPSA) is 97.6 Å². The van der Waals surface area contributed by atoms with E-state index in [1.165, 1.54) is 15.9 Å². The number of thiazole rings is 1. The third kappa shape index (κ3) is 7.37. The summed E-state index contributed by atoms with van der Waals surface area (Å²) in [5.41, 5.74) is 2.68. The highest BCUT2D eigenvalue weighted by Gasteiger charge is 2.34. The van der Waals surface area contributed by atoms with Gasteiger partial charge in [0.25, 0.3) is 5.56 Å². The molecule has 0 saturated heterocycles. The van der Waals surface area contributed by atoms with Crippen LogP contribution in [0.4, 0.5) is 0 Å². The second kappa shape index (κ2) is 15.0. The number of halogens is 2. The Kier molecular flexibility index (Phi) is 11.0. The summed E-state index contributed by atoms with van der Waals surface area (Å²) in [5, 5.41) is 0.617. The molecule has 0 unspecified atom stereocenters. The molecule has 0 saturated carbocycles. The molecule has 2 heterocycles. The van der Waals surface area contributed by atoms with Crippen LogP contribution in [0.15, 0.2) is 75.7 Å². The van der Waals surface area contributed by atoms with Gasteiger partial charge in [-0.1, -0.05) is 47.2 Å². The summed E-state index contributed by atoms with van der Waals surface area (Å²) < 4.78 is 31.5. The summed E-state index contributed by atoms with van der Waals surface area (Å²) in [7, 11) is 3.12. The predicted molar refractivity (Wildman–Crippen MR) is 191 cm³/mol. The lowest BCUT2D eigenvalue weighted by Gasteiger charge is -2.25. The van der Waals surface area contributed by atoms with Crippen molar-refractivity contribution in [2.24, 2.45) is 4.99 Å². The highest BCUT2D eigenvalue weighted by atomic mass is 127. The number of carbonyl (C=O) groups is 1. The van der Waals surface area contributed by atoms with E-state index in [1.54, 1.807) is 46.3 Å². The van der Waals surface area contributed by atoms with E-state index >= 15 is 0 Å². The lowest BCUT2D eigenvalue weighted by atomic mass is 9.95. The molecule has 1 aromatic heterocycles. The summed E-state index contributed by atoms with van der Waals surface area (Å²) in [6.45, 7) is 7.78. The van der Waals surface area contributed by atoms with E-state index in [-0.39, 0.29) is 30.5 Å². The van der Waals surface area contributed by atoms with Gasteiger partial charge in [-0.05, 0) is 97.8 Å². The molecule has 0 aliphatic carbocycles. The normalized spacial score (nSPS) is 14.5. The van der Waals surface area contributed by atoms with Gasteiger partial charge in [-0.25, -0.2) is 9.79 Å². The summed E-state index contributed by atoms with van der Waals surface area (Å²) in [6, 6.07) is 15.8. The molecule has 1 aliphatic heterocycles. The Labute approximate surface area is 295 Å². The zero-order valence-corrected chi connectivity index (χ0v) is 30.5. The summed E-state index contributed by atoms with van der Waals surface area (Å²) in [5.74, 6) is 1.58. The van der Waals surface area contributed by atoms with Crippen molar-refractivity contribution in [1.29, 1.82) is 0 Å². The Balaban J connectivity index is 1.60. The van der Waals surface area contributed by atoms with Crippen molar-refractivity contribution < 1.29 is 28.5 Å². The van der Waals surface area contributed by atoms with Crippen molar-refractivity contribution in [1.82, 2.24) is 4.57 Å². The zero-order chi connectivity index (χ0) is 33.8. The number of carbonyl (C=O) groups excluding carboxylic acids is 1. The number of hydrogen-bond acceptors (Lipinski definition) is 9. The maximum absolute atomic E-state index is 14.2. The first-order valence-electron chi connectivity index (χ1n) is 14.8. The van der Waals surface area contributed by atoms with Gasteiger partial charge in [0.15, 0.2) is 27.8 Å². The Hall–Kier alpha value is -3.81. The maximum atomic E-state index is 14.2. The van der Waals surface area contributed by atoms with Crippen LogP contribution in [0.5, 0.6) is 23.0 Å². The summed E-state index contributed by atoms with van der Waals surface area (Å²) >= 11 is 9.74. The predicted octanol–water partition coefficient (Wildman–Crippen LogP) is 6.44. The number of esters is 1. The van der Waals surface area contributed by atoms with Crippen LogP contribution in [0, 0.1) is 3.57 Å². The molecule has 0 fully saturated rings.